The fourth-order valence-electron chi connectivity index (χ4n) is 4.51. The zero-order chi connectivity index (χ0) is 25.6. The van der Waals surface area contributed by atoms with Crippen LogP contribution in [0.3, 0.4) is 0 Å². The largest absolute Gasteiger partial charge is 0.309 e. The van der Waals surface area contributed by atoms with Crippen molar-refractivity contribution in [1.29, 1.82) is 0 Å². The molecule has 0 spiro atoms. The molecule has 2 N–H and O–H groups in total. The lowest BCUT2D eigenvalue weighted by Crippen LogP contribution is -2.16. The van der Waals surface area contributed by atoms with Crippen molar-refractivity contribution in [3.63, 3.8) is 0 Å². The lowest BCUT2D eigenvalue weighted by molar-refractivity contribution is -0.116. The molecule has 190 valence electrons. The Kier molecular flexibility index (Phi) is 7.54. The van der Waals surface area contributed by atoms with Crippen molar-refractivity contribution < 1.29 is 9.59 Å². The van der Waals surface area contributed by atoms with Gasteiger partial charge in [-0.2, -0.15) is 10.2 Å². The average molecular weight is 518 g/mol. The average Bonchev–Trinajstić information content (AvgIpc) is 3.63. The number of nitrogens with zero attached hydrogens (tertiary/aromatic N) is 7. The van der Waals surface area contributed by atoms with E-state index >= 15 is 0 Å². The SMILES string of the molecule is Cn1ccc(CC(=O)Nc2nnc(C3CCC(Cc4ccc(NC(=O)Cc5ccccn5)nn4)C3)s2)n1. The Morgan fingerprint density at radius 2 is 1.81 bits per heavy atom. The molecule has 5 rings (SSSR count). The van der Waals surface area contributed by atoms with Gasteiger partial charge in [-0.1, -0.05) is 17.4 Å². The van der Waals surface area contributed by atoms with E-state index in [1.165, 1.54) is 11.3 Å². The van der Waals surface area contributed by atoms with Crippen LogP contribution in [0.5, 0.6) is 0 Å². The standard InChI is InChI=1S/C25H27N9O2S/c1-34-11-9-20(33-34)15-23(36)28-25-32-31-24(37-25)17-6-5-16(12-17)13-19-7-8-21(30-29-19)27-22(35)14-18-4-2-3-10-26-18/h2-4,7-11,16-17H,5-6,12-15H2,1H3,(H,27,30,35)(H,28,32,36). The molecule has 4 aromatic heterocycles. The predicted molar refractivity (Wildman–Crippen MR) is 138 cm³/mol. The molecule has 1 aliphatic carbocycles. The van der Waals surface area contributed by atoms with Crippen LogP contribution in [0.25, 0.3) is 0 Å². The molecule has 12 heteroatoms. The van der Waals surface area contributed by atoms with Gasteiger partial charge in [-0.25, -0.2) is 0 Å². The van der Waals surface area contributed by atoms with E-state index in [2.05, 4.69) is 41.1 Å². The summed E-state index contributed by atoms with van der Waals surface area (Å²) in [6.07, 6.45) is 7.76. The second-order valence-electron chi connectivity index (χ2n) is 9.19. The number of anilines is 2. The highest BCUT2D eigenvalue weighted by atomic mass is 32.1. The van der Waals surface area contributed by atoms with Crippen molar-refractivity contribution in [3.8, 4) is 0 Å². The van der Waals surface area contributed by atoms with E-state index in [1.54, 1.807) is 16.9 Å². The second kappa shape index (κ2) is 11.3. The van der Waals surface area contributed by atoms with Crippen LogP contribution in [-0.4, -0.2) is 47.0 Å². The van der Waals surface area contributed by atoms with Gasteiger partial charge in [-0.05, 0) is 61.9 Å². The lowest BCUT2D eigenvalue weighted by atomic mass is 10.00. The highest BCUT2D eigenvalue weighted by molar-refractivity contribution is 7.15. The van der Waals surface area contributed by atoms with Crippen LogP contribution in [-0.2, 0) is 35.9 Å². The zero-order valence-electron chi connectivity index (χ0n) is 20.4. The number of hydrogen-bond donors (Lipinski definition) is 2. The first kappa shape index (κ1) is 24.6. The van der Waals surface area contributed by atoms with Crippen LogP contribution in [0.2, 0.25) is 0 Å². The first-order chi connectivity index (χ1) is 18.0. The molecule has 2 atom stereocenters. The molecule has 1 fully saturated rings. The number of amides is 2. The molecule has 1 aliphatic rings. The van der Waals surface area contributed by atoms with E-state index in [1.807, 2.05) is 43.6 Å². The topological polar surface area (TPSA) is 140 Å². The van der Waals surface area contributed by atoms with Gasteiger partial charge in [0.2, 0.25) is 16.9 Å². The molecule has 4 heterocycles. The number of aromatic nitrogens is 7. The normalized spacial score (nSPS) is 17.0. The highest BCUT2D eigenvalue weighted by Gasteiger charge is 2.29. The van der Waals surface area contributed by atoms with Crippen molar-refractivity contribution in [3.05, 3.63) is 70.9 Å². The van der Waals surface area contributed by atoms with Gasteiger partial charge in [-0.3, -0.25) is 19.3 Å². The van der Waals surface area contributed by atoms with Crippen LogP contribution in [0.15, 0.2) is 48.8 Å². The molecule has 37 heavy (non-hydrogen) atoms. The summed E-state index contributed by atoms with van der Waals surface area (Å²) in [5.41, 5.74) is 2.31. The van der Waals surface area contributed by atoms with Crippen molar-refractivity contribution in [2.24, 2.45) is 13.0 Å². The summed E-state index contributed by atoms with van der Waals surface area (Å²) in [5.74, 6) is 0.891. The van der Waals surface area contributed by atoms with Gasteiger partial charge in [0.15, 0.2) is 5.82 Å². The van der Waals surface area contributed by atoms with Crippen molar-refractivity contribution in [2.75, 3.05) is 10.6 Å². The maximum Gasteiger partial charge on any atom is 0.232 e. The van der Waals surface area contributed by atoms with Crippen LogP contribution >= 0.6 is 11.3 Å². The van der Waals surface area contributed by atoms with E-state index in [0.717, 1.165) is 36.4 Å². The monoisotopic (exact) mass is 517 g/mol. The van der Waals surface area contributed by atoms with Gasteiger partial charge >= 0.3 is 0 Å². The summed E-state index contributed by atoms with van der Waals surface area (Å²) < 4.78 is 1.67. The van der Waals surface area contributed by atoms with E-state index in [0.29, 0.717) is 34.2 Å². The van der Waals surface area contributed by atoms with Gasteiger partial charge in [0.25, 0.3) is 0 Å². The smallest absolute Gasteiger partial charge is 0.232 e. The first-order valence-corrected chi connectivity index (χ1v) is 13.0. The molecule has 0 aliphatic heterocycles. The Morgan fingerprint density at radius 3 is 2.57 bits per heavy atom. The fraction of sp³-hybridized carbons (Fsp3) is 0.360. The maximum absolute atomic E-state index is 12.3. The molecule has 1 saturated carbocycles. The third kappa shape index (κ3) is 6.79. The number of nitrogens with one attached hydrogen (secondary N) is 2. The van der Waals surface area contributed by atoms with Crippen molar-refractivity contribution in [2.45, 2.75) is 44.4 Å². The molecular formula is C25H27N9O2S. The van der Waals surface area contributed by atoms with Crippen molar-refractivity contribution in [1.82, 2.24) is 35.2 Å². The minimum absolute atomic E-state index is 0.152. The summed E-state index contributed by atoms with van der Waals surface area (Å²) in [6.45, 7) is 0. The fourth-order valence-corrected chi connectivity index (χ4v) is 5.41. The Balaban J connectivity index is 1.08. The quantitative estimate of drug-likeness (QED) is 0.345. The lowest BCUT2D eigenvalue weighted by Gasteiger charge is -2.09. The van der Waals surface area contributed by atoms with Gasteiger partial charge in [0.1, 0.15) is 5.01 Å². The number of pyridine rings is 1. The van der Waals surface area contributed by atoms with Crippen LogP contribution in [0.4, 0.5) is 10.9 Å². The molecule has 4 aromatic rings. The Hall–Kier alpha value is -4.06. The van der Waals surface area contributed by atoms with Crippen LogP contribution < -0.4 is 10.6 Å². The summed E-state index contributed by atoms with van der Waals surface area (Å²) >= 11 is 1.44. The van der Waals surface area contributed by atoms with Crippen molar-refractivity contribution >= 4 is 34.1 Å². The third-order valence-corrected chi connectivity index (χ3v) is 7.24. The number of aryl methyl sites for hydroxylation is 1. The molecule has 2 unspecified atom stereocenters. The van der Waals surface area contributed by atoms with Crippen LogP contribution in [0, 0.1) is 5.92 Å². The minimum atomic E-state index is -0.177. The molecule has 11 nitrogen and oxygen atoms in total. The Morgan fingerprint density at radius 1 is 0.946 bits per heavy atom. The Labute approximate surface area is 217 Å². The Bertz CT molecular complexity index is 1350. The van der Waals surface area contributed by atoms with Gasteiger partial charge in [0, 0.05) is 31.1 Å². The van der Waals surface area contributed by atoms with E-state index in [9.17, 15) is 9.59 Å². The number of carbonyl (C=O) groups is 2. The summed E-state index contributed by atoms with van der Waals surface area (Å²) in [4.78, 5) is 28.6. The van der Waals surface area contributed by atoms with Gasteiger partial charge in [0.05, 0.1) is 24.2 Å². The van der Waals surface area contributed by atoms with Crippen LogP contribution in [0.1, 0.15) is 47.3 Å². The van der Waals surface area contributed by atoms with E-state index in [-0.39, 0.29) is 24.7 Å². The second-order valence-corrected chi connectivity index (χ2v) is 10.2. The summed E-state index contributed by atoms with van der Waals surface area (Å²) in [5, 5.41) is 28.3. The van der Waals surface area contributed by atoms with Gasteiger partial charge in [-0.15, -0.1) is 15.3 Å². The molecular weight excluding hydrogens is 490 g/mol. The first-order valence-electron chi connectivity index (χ1n) is 12.1. The maximum atomic E-state index is 12.3. The predicted octanol–water partition coefficient (Wildman–Crippen LogP) is 2.95. The van der Waals surface area contributed by atoms with E-state index in [4.69, 9.17) is 0 Å². The molecule has 0 saturated heterocycles. The number of carbonyl (C=O) groups excluding carboxylic acids is 2. The van der Waals surface area contributed by atoms with Gasteiger partial charge < -0.3 is 10.6 Å². The highest BCUT2D eigenvalue weighted by Crippen LogP contribution is 2.41. The van der Waals surface area contributed by atoms with E-state index < -0.39 is 0 Å². The molecule has 2 amide bonds. The molecule has 0 aromatic carbocycles. The zero-order valence-corrected chi connectivity index (χ0v) is 21.2. The third-order valence-electron chi connectivity index (χ3n) is 6.24. The molecule has 0 radical (unpaired) electrons. The minimum Gasteiger partial charge on any atom is -0.309 e. The number of rotatable bonds is 9. The number of hydrogen-bond acceptors (Lipinski definition) is 9. The summed E-state index contributed by atoms with van der Waals surface area (Å²) in [6, 6.07) is 11.0. The summed E-state index contributed by atoms with van der Waals surface area (Å²) in [7, 11) is 1.82. The molecule has 0 bridgehead atoms.